The molecule has 11 aromatic rings. The van der Waals surface area contributed by atoms with Gasteiger partial charge in [0.2, 0.25) is 0 Å². The monoisotopic (exact) mass is 713 g/mol. The summed E-state index contributed by atoms with van der Waals surface area (Å²) in [6, 6.07) is 76.5. The zero-order valence-corrected chi connectivity index (χ0v) is 30.6. The van der Waals surface area contributed by atoms with Crippen LogP contribution in [-0.2, 0) is 0 Å². The molecule has 0 saturated heterocycles. The van der Waals surface area contributed by atoms with Crippen molar-refractivity contribution in [2.45, 2.75) is 0 Å². The van der Waals surface area contributed by atoms with E-state index in [1.807, 2.05) is 0 Å². The van der Waals surface area contributed by atoms with Crippen molar-refractivity contribution in [3.63, 3.8) is 0 Å². The molecule has 0 fully saturated rings. The Morgan fingerprint density at radius 1 is 0.304 bits per heavy atom. The normalized spacial score (nSPS) is 11.6. The number of fused-ring (bicyclic) bond motifs is 6. The summed E-state index contributed by atoms with van der Waals surface area (Å²) in [7, 11) is 0. The van der Waals surface area contributed by atoms with E-state index < -0.39 is 0 Å². The van der Waals surface area contributed by atoms with Crippen LogP contribution in [0.25, 0.3) is 87.6 Å². The van der Waals surface area contributed by atoms with Gasteiger partial charge in [-0.05, 0) is 121 Å². The predicted molar refractivity (Wildman–Crippen MR) is 237 cm³/mol. The van der Waals surface area contributed by atoms with Gasteiger partial charge in [0.1, 0.15) is 11.2 Å². The molecule has 0 aliphatic rings. The van der Waals surface area contributed by atoms with Crippen molar-refractivity contribution >= 4 is 71.3 Å². The lowest BCUT2D eigenvalue weighted by molar-refractivity contribution is 0.669. The Bertz CT molecular complexity index is 3250. The molecular formula is C54H35NO. The van der Waals surface area contributed by atoms with Gasteiger partial charge in [0.05, 0.1) is 16.8 Å². The highest BCUT2D eigenvalue weighted by molar-refractivity contribution is 6.17. The van der Waals surface area contributed by atoms with Crippen LogP contribution >= 0.6 is 0 Å². The lowest BCUT2D eigenvalue weighted by atomic mass is 9.96. The summed E-state index contributed by atoms with van der Waals surface area (Å²) in [5, 5.41) is 9.41. The summed E-state index contributed by atoms with van der Waals surface area (Å²) in [5.74, 6) is 0. The molecular weight excluding hydrogens is 679 g/mol. The number of furan rings is 1. The van der Waals surface area contributed by atoms with Gasteiger partial charge in [-0.25, -0.2) is 0 Å². The Kier molecular flexibility index (Phi) is 7.53. The van der Waals surface area contributed by atoms with Crippen LogP contribution in [0.3, 0.4) is 0 Å². The lowest BCUT2D eigenvalue weighted by Gasteiger charge is -2.29. The second-order valence-corrected chi connectivity index (χ2v) is 14.6. The highest BCUT2D eigenvalue weighted by Gasteiger charge is 2.22. The molecule has 0 N–H and O–H groups in total. The fourth-order valence-corrected chi connectivity index (χ4v) is 8.40. The van der Waals surface area contributed by atoms with E-state index in [2.05, 4.69) is 217 Å². The molecule has 0 radical (unpaired) electrons. The maximum atomic E-state index is 6.59. The molecule has 11 rings (SSSR count). The number of hydrogen-bond donors (Lipinski definition) is 0. The van der Waals surface area contributed by atoms with Gasteiger partial charge >= 0.3 is 0 Å². The van der Waals surface area contributed by atoms with Gasteiger partial charge < -0.3 is 9.32 Å². The molecule has 1 aromatic heterocycles. The zero-order chi connectivity index (χ0) is 37.0. The molecule has 1 heterocycles. The second kappa shape index (κ2) is 13.2. The van der Waals surface area contributed by atoms with Crippen LogP contribution in [0, 0.1) is 0 Å². The summed E-state index contributed by atoms with van der Waals surface area (Å²) < 4.78 is 6.59. The molecule has 0 atom stereocenters. The molecule has 2 nitrogen and oxygen atoms in total. The van der Waals surface area contributed by atoms with Crippen LogP contribution in [0.4, 0.5) is 17.1 Å². The number of benzene rings is 10. The maximum Gasteiger partial charge on any atom is 0.137 e. The number of nitrogens with zero attached hydrogens (tertiary/aromatic N) is 1. The first-order chi connectivity index (χ1) is 27.7. The van der Waals surface area contributed by atoms with Crippen LogP contribution in [0.15, 0.2) is 217 Å². The first kappa shape index (κ1) is 32.0. The van der Waals surface area contributed by atoms with Gasteiger partial charge in [0.25, 0.3) is 0 Å². The van der Waals surface area contributed by atoms with Crippen LogP contribution in [0.5, 0.6) is 0 Å². The Balaban J connectivity index is 1.05. The van der Waals surface area contributed by atoms with Crippen molar-refractivity contribution in [2.75, 3.05) is 4.90 Å². The summed E-state index contributed by atoms with van der Waals surface area (Å²) >= 11 is 0. The van der Waals surface area contributed by atoms with Crippen molar-refractivity contribution in [3.8, 4) is 33.4 Å². The van der Waals surface area contributed by atoms with E-state index in [4.69, 9.17) is 4.42 Å². The Labute approximate surface area is 325 Å². The molecule has 0 bridgehead atoms. The van der Waals surface area contributed by atoms with Crippen molar-refractivity contribution in [1.29, 1.82) is 0 Å². The van der Waals surface area contributed by atoms with Gasteiger partial charge in [-0.15, -0.1) is 0 Å². The minimum atomic E-state index is 0.868. The van der Waals surface area contributed by atoms with E-state index in [1.165, 1.54) is 60.1 Å². The Hall–Kier alpha value is -7.42. The molecule has 56 heavy (non-hydrogen) atoms. The summed E-state index contributed by atoms with van der Waals surface area (Å²) in [6.45, 7) is 0. The molecule has 0 amide bonds. The fraction of sp³-hybridized carbons (Fsp3) is 0. The summed E-state index contributed by atoms with van der Waals surface area (Å²) in [4.78, 5) is 2.41. The van der Waals surface area contributed by atoms with Gasteiger partial charge in [0.15, 0.2) is 0 Å². The SMILES string of the molecule is c1ccc(-c2ccc3cc(-c4ccc5cc(N(c6ccccc6-c6ccccc6)c6cccc7oc8cc9ccccc9cc8c67)ccc5c4)ccc3c2)cc1. The zero-order valence-electron chi connectivity index (χ0n) is 30.6. The van der Waals surface area contributed by atoms with E-state index >= 15 is 0 Å². The largest absolute Gasteiger partial charge is 0.456 e. The van der Waals surface area contributed by atoms with Crippen molar-refractivity contribution in [2.24, 2.45) is 0 Å². The van der Waals surface area contributed by atoms with E-state index in [0.717, 1.165) is 44.6 Å². The van der Waals surface area contributed by atoms with Crippen LogP contribution < -0.4 is 4.90 Å². The van der Waals surface area contributed by atoms with Crippen LogP contribution in [0.2, 0.25) is 0 Å². The molecule has 0 aliphatic heterocycles. The molecule has 0 aliphatic carbocycles. The number of anilines is 3. The summed E-state index contributed by atoms with van der Waals surface area (Å²) in [6.07, 6.45) is 0. The average molecular weight is 714 g/mol. The highest BCUT2D eigenvalue weighted by Crippen LogP contribution is 2.47. The fourth-order valence-electron chi connectivity index (χ4n) is 8.40. The Morgan fingerprint density at radius 3 is 1.52 bits per heavy atom. The minimum Gasteiger partial charge on any atom is -0.456 e. The maximum absolute atomic E-state index is 6.59. The topological polar surface area (TPSA) is 16.4 Å². The molecule has 262 valence electrons. The van der Waals surface area contributed by atoms with E-state index in [-0.39, 0.29) is 0 Å². The average Bonchev–Trinajstić information content (AvgIpc) is 3.64. The van der Waals surface area contributed by atoms with Gasteiger partial charge in [0, 0.05) is 16.6 Å². The van der Waals surface area contributed by atoms with Crippen molar-refractivity contribution in [1.82, 2.24) is 0 Å². The van der Waals surface area contributed by atoms with Crippen LogP contribution in [0.1, 0.15) is 0 Å². The van der Waals surface area contributed by atoms with E-state index in [0.29, 0.717) is 0 Å². The van der Waals surface area contributed by atoms with Gasteiger partial charge in [-0.2, -0.15) is 0 Å². The first-order valence-electron chi connectivity index (χ1n) is 19.2. The lowest BCUT2D eigenvalue weighted by Crippen LogP contribution is -2.11. The smallest absolute Gasteiger partial charge is 0.137 e. The molecule has 0 spiro atoms. The van der Waals surface area contributed by atoms with E-state index in [1.54, 1.807) is 0 Å². The highest BCUT2D eigenvalue weighted by atomic mass is 16.3. The standard InChI is InChI=1S/C54H35NO/c1-3-12-36(13-4-1)40-22-23-42-31-43(25-24-41(42)30-40)44-26-27-46-33-47(29-28-45(46)32-44)55(50-19-10-9-18-48(50)37-14-5-2-6-15-37)51-20-11-21-52-54(51)49-34-38-16-7-8-17-39(38)35-53(49)56-52/h1-35H. The third kappa shape index (κ3) is 5.51. The third-order valence-electron chi connectivity index (χ3n) is 11.2. The number of hydrogen-bond acceptors (Lipinski definition) is 2. The van der Waals surface area contributed by atoms with Gasteiger partial charge in [-0.1, -0.05) is 152 Å². The minimum absolute atomic E-state index is 0.868. The third-order valence-corrected chi connectivity index (χ3v) is 11.2. The number of para-hydroxylation sites is 1. The van der Waals surface area contributed by atoms with E-state index in [9.17, 15) is 0 Å². The number of rotatable bonds is 6. The molecule has 10 aromatic carbocycles. The molecule has 2 heteroatoms. The molecule has 0 saturated carbocycles. The second-order valence-electron chi connectivity index (χ2n) is 14.6. The summed E-state index contributed by atoms with van der Waals surface area (Å²) in [5.41, 5.74) is 12.2. The van der Waals surface area contributed by atoms with Crippen LogP contribution in [-0.4, -0.2) is 0 Å². The van der Waals surface area contributed by atoms with Gasteiger partial charge in [-0.3, -0.25) is 0 Å². The van der Waals surface area contributed by atoms with Crippen molar-refractivity contribution in [3.05, 3.63) is 212 Å². The quantitative estimate of drug-likeness (QED) is 0.171. The predicted octanol–water partition coefficient (Wildman–Crippen LogP) is 15.5. The Morgan fingerprint density at radius 2 is 0.821 bits per heavy atom. The first-order valence-corrected chi connectivity index (χ1v) is 19.2. The molecule has 0 unspecified atom stereocenters. The van der Waals surface area contributed by atoms with Crippen molar-refractivity contribution < 1.29 is 4.42 Å².